The highest BCUT2D eigenvalue weighted by atomic mass is 31.2. The molecule has 11 nitrogen and oxygen atoms in total. The molecule has 0 spiro atoms. The van der Waals surface area contributed by atoms with Crippen LogP contribution in [0.25, 0.3) is 0 Å². The molecule has 0 aliphatic heterocycles. The number of carbonyl (C=O) groups is 2. The fourth-order valence-corrected chi connectivity index (χ4v) is 6.65. The molecule has 0 aliphatic rings. The Morgan fingerprint density at radius 2 is 1.10 bits per heavy atom. The maximum atomic E-state index is 12.7. The normalized spacial score (nSPS) is 15.1. The molecule has 2 N–H and O–H groups in total. The molecule has 0 radical (unpaired) electrons. The summed E-state index contributed by atoms with van der Waals surface area (Å²) in [6.45, 7) is 3.77. The van der Waals surface area contributed by atoms with E-state index in [0.29, 0.717) is 17.4 Å². The summed E-state index contributed by atoms with van der Waals surface area (Å²) in [7, 11) is 0.985. The average Bonchev–Trinajstić information content (AvgIpc) is 3.17. The largest absolute Gasteiger partial charge is 0.756 e. The van der Waals surface area contributed by atoms with Crippen LogP contribution in [0.15, 0.2) is 48.6 Å². The molecule has 1 unspecified atom stereocenters. The van der Waals surface area contributed by atoms with Crippen LogP contribution in [-0.2, 0) is 32.7 Å². The number of phosphoric ester groups is 1. The molecule has 12 heteroatoms. The molecule has 0 heterocycles. The van der Waals surface area contributed by atoms with Crippen molar-refractivity contribution in [3.05, 3.63) is 48.6 Å². The highest BCUT2D eigenvalue weighted by Gasteiger charge is 2.22. The number of likely N-dealkylation sites (N-methyl/N-ethyl adjacent to an activating group) is 1. The second-order valence-electron chi connectivity index (χ2n) is 16.3. The van der Waals surface area contributed by atoms with Crippen molar-refractivity contribution in [1.29, 1.82) is 0 Å². The zero-order valence-electron chi connectivity index (χ0n) is 37.2. The van der Waals surface area contributed by atoms with Gasteiger partial charge in [0, 0.05) is 12.8 Å². The smallest absolute Gasteiger partial charge is 0.306 e. The van der Waals surface area contributed by atoms with E-state index in [-0.39, 0.29) is 45.3 Å². The fraction of sp³-hybridized carbons (Fsp3) is 0.783. The van der Waals surface area contributed by atoms with Crippen LogP contribution in [0, 0.1) is 0 Å². The van der Waals surface area contributed by atoms with Gasteiger partial charge in [-0.05, 0) is 51.4 Å². The zero-order chi connectivity index (χ0) is 43.2. The van der Waals surface area contributed by atoms with E-state index in [9.17, 15) is 29.3 Å². The highest BCUT2D eigenvalue weighted by molar-refractivity contribution is 7.45. The third-order valence-corrected chi connectivity index (χ3v) is 10.5. The predicted octanol–water partition coefficient (Wildman–Crippen LogP) is 10.00. The summed E-state index contributed by atoms with van der Waals surface area (Å²) in [4.78, 5) is 37.6. The van der Waals surface area contributed by atoms with Crippen molar-refractivity contribution in [2.75, 3.05) is 47.5 Å². The Hall–Kier alpha value is -2.11. The third-order valence-electron chi connectivity index (χ3n) is 9.56. The minimum Gasteiger partial charge on any atom is -0.756 e. The van der Waals surface area contributed by atoms with Gasteiger partial charge in [-0.3, -0.25) is 14.2 Å². The maximum Gasteiger partial charge on any atom is 0.306 e. The summed E-state index contributed by atoms with van der Waals surface area (Å²) in [5.41, 5.74) is 0. The van der Waals surface area contributed by atoms with Gasteiger partial charge in [0.05, 0.1) is 40.0 Å². The van der Waals surface area contributed by atoms with Gasteiger partial charge in [0.2, 0.25) is 0 Å². The SMILES string of the molecule is CC/C=C\C/C=C\C/C=C\C/C=C\C[C@@H](O)[C@H](O)CCCC(=O)O[C@H](COC(=O)CCCCCCCCCCCCCCCCC)COP(=O)([O-])OCC[N+](C)(C)C. The van der Waals surface area contributed by atoms with Crippen molar-refractivity contribution in [2.24, 2.45) is 0 Å². The van der Waals surface area contributed by atoms with Crippen molar-refractivity contribution < 1.29 is 52.3 Å². The summed E-state index contributed by atoms with van der Waals surface area (Å²) in [5, 5.41) is 20.8. The van der Waals surface area contributed by atoms with Crippen LogP contribution < -0.4 is 4.89 Å². The number of hydrogen-bond donors (Lipinski definition) is 2. The number of quaternary nitrogens is 1. The van der Waals surface area contributed by atoms with Gasteiger partial charge < -0.3 is 38.1 Å². The monoisotopic (exact) mass is 842 g/mol. The lowest BCUT2D eigenvalue weighted by molar-refractivity contribution is -0.870. The lowest BCUT2D eigenvalue weighted by atomic mass is 10.0. The number of rotatable bonds is 40. The van der Waals surface area contributed by atoms with E-state index in [1.807, 2.05) is 39.4 Å². The second-order valence-corrected chi connectivity index (χ2v) is 17.8. The van der Waals surface area contributed by atoms with E-state index in [1.54, 1.807) is 0 Å². The number of unbranched alkanes of at least 4 members (excludes halogenated alkanes) is 14. The van der Waals surface area contributed by atoms with Gasteiger partial charge in [-0.15, -0.1) is 0 Å². The summed E-state index contributed by atoms with van der Waals surface area (Å²) in [5.74, 6) is -1.12. The van der Waals surface area contributed by atoms with Crippen molar-refractivity contribution in [3.63, 3.8) is 0 Å². The Balaban J connectivity index is 4.59. The van der Waals surface area contributed by atoms with Crippen LogP contribution in [-0.4, -0.2) is 92.5 Å². The molecule has 0 aromatic heterocycles. The molecule has 0 aliphatic carbocycles. The van der Waals surface area contributed by atoms with Gasteiger partial charge in [-0.1, -0.05) is 152 Å². The van der Waals surface area contributed by atoms with Gasteiger partial charge in [-0.25, -0.2) is 0 Å². The van der Waals surface area contributed by atoms with Gasteiger partial charge in [-0.2, -0.15) is 0 Å². The summed E-state index contributed by atoms with van der Waals surface area (Å²) < 4.78 is 33.7. The van der Waals surface area contributed by atoms with Gasteiger partial charge in [0.1, 0.15) is 19.8 Å². The highest BCUT2D eigenvalue weighted by Crippen LogP contribution is 2.38. The molecular formula is C46H84NO10P. The van der Waals surface area contributed by atoms with E-state index in [0.717, 1.165) is 44.9 Å². The van der Waals surface area contributed by atoms with Crippen molar-refractivity contribution in [2.45, 2.75) is 186 Å². The Morgan fingerprint density at radius 3 is 1.62 bits per heavy atom. The van der Waals surface area contributed by atoms with Crippen LogP contribution >= 0.6 is 7.82 Å². The molecule has 58 heavy (non-hydrogen) atoms. The number of ether oxygens (including phenoxy) is 2. The van der Waals surface area contributed by atoms with Crippen molar-refractivity contribution >= 4 is 19.8 Å². The Labute approximate surface area is 353 Å². The molecule has 0 saturated heterocycles. The molecule has 338 valence electrons. The molecule has 0 amide bonds. The molecule has 4 atom stereocenters. The number of allylic oxidation sites excluding steroid dienone is 7. The van der Waals surface area contributed by atoms with Crippen molar-refractivity contribution in [3.8, 4) is 0 Å². The molecule has 0 aromatic rings. The molecule has 0 bridgehead atoms. The lowest BCUT2D eigenvalue weighted by Crippen LogP contribution is -2.37. The Kier molecular flexibility index (Phi) is 36.5. The number of hydrogen-bond acceptors (Lipinski definition) is 10. The number of nitrogens with zero attached hydrogens (tertiary/aromatic N) is 1. The van der Waals surface area contributed by atoms with E-state index < -0.39 is 44.7 Å². The van der Waals surface area contributed by atoms with Crippen LogP contribution in [0.5, 0.6) is 0 Å². The summed E-state index contributed by atoms with van der Waals surface area (Å²) >= 11 is 0. The molecule has 0 fully saturated rings. The van der Waals surface area contributed by atoms with Crippen LogP contribution in [0.1, 0.15) is 168 Å². The average molecular weight is 842 g/mol. The standard InChI is InChI=1S/C46H84NO10P/c1-6-8-10-12-14-16-18-20-21-22-24-26-28-30-32-36-45(50)54-40-42(41-56-58(52,53)55-39-38-47(3,4)5)57-46(51)37-33-35-44(49)43(48)34-31-29-27-25-23-19-17-15-13-11-9-7-2/h9,11,15,17,23,25,29,31,42-44,48-49H,6-8,10,12-14,16,18-22,24,26-28,30,32-41H2,1-5H3/b11-9-,17-15-,25-23-,31-29-/t42-,43-,44-/m1/s1. The number of phosphoric acid groups is 1. The first-order chi connectivity index (χ1) is 27.8. The van der Waals surface area contributed by atoms with Crippen LogP contribution in [0.3, 0.4) is 0 Å². The van der Waals surface area contributed by atoms with Gasteiger partial charge in [0.15, 0.2) is 6.10 Å². The first-order valence-corrected chi connectivity index (χ1v) is 24.0. The quantitative estimate of drug-likeness (QED) is 0.0201. The number of esters is 2. The minimum atomic E-state index is -4.71. The zero-order valence-corrected chi connectivity index (χ0v) is 38.1. The topological polar surface area (TPSA) is 152 Å². The predicted molar refractivity (Wildman–Crippen MR) is 234 cm³/mol. The number of aliphatic hydroxyl groups excluding tert-OH is 2. The Bertz CT molecular complexity index is 1170. The van der Waals surface area contributed by atoms with Crippen molar-refractivity contribution in [1.82, 2.24) is 0 Å². The second kappa shape index (κ2) is 37.9. The lowest BCUT2D eigenvalue weighted by Gasteiger charge is -2.28. The van der Waals surface area contributed by atoms with E-state index in [1.165, 1.54) is 70.6 Å². The summed E-state index contributed by atoms with van der Waals surface area (Å²) in [6.07, 6.45) is 35.9. The maximum absolute atomic E-state index is 12.7. The molecular weight excluding hydrogens is 757 g/mol. The minimum absolute atomic E-state index is 0.0839. The Morgan fingerprint density at radius 1 is 0.621 bits per heavy atom. The van der Waals surface area contributed by atoms with Gasteiger partial charge >= 0.3 is 11.9 Å². The third kappa shape index (κ3) is 39.4. The fourth-order valence-electron chi connectivity index (χ4n) is 5.92. The first kappa shape index (κ1) is 55.9. The van der Waals surface area contributed by atoms with Crippen LogP contribution in [0.2, 0.25) is 0 Å². The molecule has 0 aromatic carbocycles. The van der Waals surface area contributed by atoms with E-state index >= 15 is 0 Å². The summed E-state index contributed by atoms with van der Waals surface area (Å²) in [6, 6.07) is 0. The first-order valence-electron chi connectivity index (χ1n) is 22.5. The van der Waals surface area contributed by atoms with Crippen LogP contribution in [0.4, 0.5) is 0 Å². The molecule has 0 saturated carbocycles. The van der Waals surface area contributed by atoms with E-state index in [2.05, 4.69) is 44.2 Å². The van der Waals surface area contributed by atoms with Gasteiger partial charge in [0.25, 0.3) is 7.82 Å². The number of aliphatic hydroxyl groups is 2. The van der Waals surface area contributed by atoms with E-state index in [4.69, 9.17) is 18.5 Å². The molecule has 0 rings (SSSR count). The number of carbonyl (C=O) groups excluding carboxylic acids is 2.